The summed E-state index contributed by atoms with van der Waals surface area (Å²) in [5.41, 5.74) is 6.48. The number of aromatic amines is 1. The SMILES string of the molecule is CC(C)(CN)n1c(=O)[nH]c2ncccc21. The molecule has 5 heteroatoms. The summed E-state index contributed by atoms with van der Waals surface area (Å²) in [7, 11) is 0. The number of nitrogens with two attached hydrogens (primary N) is 1. The zero-order valence-corrected chi connectivity index (χ0v) is 8.82. The zero-order valence-electron chi connectivity index (χ0n) is 8.82. The number of rotatable bonds is 2. The molecular weight excluding hydrogens is 192 g/mol. The number of hydrogen-bond donors (Lipinski definition) is 2. The summed E-state index contributed by atoms with van der Waals surface area (Å²) in [6.07, 6.45) is 1.65. The van der Waals surface area contributed by atoms with E-state index in [1.165, 1.54) is 0 Å². The maximum atomic E-state index is 11.8. The van der Waals surface area contributed by atoms with E-state index in [0.29, 0.717) is 12.2 Å². The molecule has 0 radical (unpaired) electrons. The molecule has 2 aromatic rings. The van der Waals surface area contributed by atoms with Crippen LogP contribution in [0.5, 0.6) is 0 Å². The van der Waals surface area contributed by atoms with E-state index in [2.05, 4.69) is 9.97 Å². The summed E-state index contributed by atoms with van der Waals surface area (Å²) < 4.78 is 1.65. The number of imidazole rings is 1. The van der Waals surface area contributed by atoms with Gasteiger partial charge in [0.15, 0.2) is 5.65 Å². The summed E-state index contributed by atoms with van der Waals surface area (Å²) in [6.45, 7) is 4.25. The maximum absolute atomic E-state index is 11.8. The van der Waals surface area contributed by atoms with Crippen molar-refractivity contribution in [2.75, 3.05) is 6.54 Å². The molecule has 0 unspecified atom stereocenters. The first-order valence-corrected chi connectivity index (χ1v) is 4.82. The van der Waals surface area contributed by atoms with Crippen molar-refractivity contribution in [3.8, 4) is 0 Å². The summed E-state index contributed by atoms with van der Waals surface area (Å²) in [5, 5.41) is 0. The molecule has 0 aliphatic heterocycles. The molecule has 0 amide bonds. The van der Waals surface area contributed by atoms with Crippen molar-refractivity contribution < 1.29 is 0 Å². The van der Waals surface area contributed by atoms with Crippen molar-refractivity contribution in [2.45, 2.75) is 19.4 Å². The fourth-order valence-corrected chi connectivity index (χ4v) is 1.63. The van der Waals surface area contributed by atoms with Crippen LogP contribution in [0.2, 0.25) is 0 Å². The summed E-state index contributed by atoms with van der Waals surface area (Å²) in [4.78, 5) is 18.6. The van der Waals surface area contributed by atoms with E-state index in [1.54, 1.807) is 16.8 Å². The Balaban J connectivity index is 2.80. The van der Waals surface area contributed by atoms with Crippen molar-refractivity contribution in [1.82, 2.24) is 14.5 Å². The zero-order chi connectivity index (χ0) is 11.1. The molecule has 0 saturated carbocycles. The van der Waals surface area contributed by atoms with Gasteiger partial charge >= 0.3 is 5.69 Å². The fourth-order valence-electron chi connectivity index (χ4n) is 1.63. The monoisotopic (exact) mass is 206 g/mol. The molecule has 0 aliphatic rings. The molecule has 2 rings (SSSR count). The van der Waals surface area contributed by atoms with Crippen LogP contribution in [0.15, 0.2) is 23.1 Å². The normalized spacial score (nSPS) is 12.2. The Kier molecular flexibility index (Phi) is 2.12. The maximum Gasteiger partial charge on any atom is 0.328 e. The largest absolute Gasteiger partial charge is 0.328 e. The highest BCUT2D eigenvalue weighted by Gasteiger charge is 2.23. The predicted molar refractivity (Wildman–Crippen MR) is 58.7 cm³/mol. The molecule has 15 heavy (non-hydrogen) atoms. The van der Waals surface area contributed by atoms with Crippen LogP contribution in [-0.4, -0.2) is 21.1 Å². The van der Waals surface area contributed by atoms with Gasteiger partial charge in [0.2, 0.25) is 0 Å². The van der Waals surface area contributed by atoms with Gasteiger partial charge in [-0.05, 0) is 26.0 Å². The molecule has 2 aromatic heterocycles. The molecule has 0 bridgehead atoms. The van der Waals surface area contributed by atoms with Gasteiger partial charge in [0.05, 0.1) is 11.1 Å². The molecule has 80 valence electrons. The molecule has 3 N–H and O–H groups in total. The van der Waals surface area contributed by atoms with Gasteiger partial charge in [-0.2, -0.15) is 0 Å². The molecule has 2 heterocycles. The van der Waals surface area contributed by atoms with Crippen LogP contribution in [0.1, 0.15) is 13.8 Å². The number of aromatic nitrogens is 3. The van der Waals surface area contributed by atoms with E-state index in [9.17, 15) is 4.79 Å². The van der Waals surface area contributed by atoms with Gasteiger partial charge in [-0.15, -0.1) is 0 Å². The average Bonchev–Trinajstić information content (AvgIpc) is 2.54. The third-order valence-corrected chi connectivity index (χ3v) is 2.56. The van der Waals surface area contributed by atoms with Crippen LogP contribution in [0.25, 0.3) is 11.2 Å². The van der Waals surface area contributed by atoms with Gasteiger partial charge in [-0.3, -0.25) is 9.55 Å². The minimum atomic E-state index is -0.404. The lowest BCUT2D eigenvalue weighted by molar-refractivity contribution is 0.367. The minimum Gasteiger partial charge on any atom is -0.328 e. The molecule has 5 nitrogen and oxygen atoms in total. The molecule has 0 saturated heterocycles. The van der Waals surface area contributed by atoms with Gasteiger partial charge in [0, 0.05) is 12.7 Å². The molecular formula is C10H14N4O. The van der Waals surface area contributed by atoms with Crippen molar-refractivity contribution in [3.63, 3.8) is 0 Å². The van der Waals surface area contributed by atoms with Gasteiger partial charge < -0.3 is 5.73 Å². The third-order valence-electron chi connectivity index (χ3n) is 2.56. The Morgan fingerprint density at radius 3 is 3.00 bits per heavy atom. The highest BCUT2D eigenvalue weighted by Crippen LogP contribution is 2.16. The Labute approximate surface area is 86.9 Å². The van der Waals surface area contributed by atoms with E-state index in [4.69, 9.17) is 5.73 Å². The number of hydrogen-bond acceptors (Lipinski definition) is 3. The topological polar surface area (TPSA) is 76.7 Å². The van der Waals surface area contributed by atoms with E-state index in [1.807, 2.05) is 19.9 Å². The van der Waals surface area contributed by atoms with Crippen LogP contribution in [-0.2, 0) is 5.54 Å². The van der Waals surface area contributed by atoms with Crippen LogP contribution in [0, 0.1) is 0 Å². The first-order valence-electron chi connectivity index (χ1n) is 4.82. The second kappa shape index (κ2) is 3.20. The number of nitrogens with zero attached hydrogens (tertiary/aromatic N) is 2. The van der Waals surface area contributed by atoms with E-state index in [0.717, 1.165) is 5.52 Å². The highest BCUT2D eigenvalue weighted by molar-refractivity contribution is 5.70. The smallest absolute Gasteiger partial charge is 0.328 e. The minimum absolute atomic E-state index is 0.167. The first kappa shape index (κ1) is 9.92. The lowest BCUT2D eigenvalue weighted by atomic mass is 10.1. The number of H-pyrrole nitrogens is 1. The molecule has 0 fully saturated rings. The van der Waals surface area contributed by atoms with Crippen LogP contribution in [0.3, 0.4) is 0 Å². The van der Waals surface area contributed by atoms with Crippen molar-refractivity contribution in [3.05, 3.63) is 28.8 Å². The second-order valence-electron chi connectivity index (χ2n) is 4.15. The quantitative estimate of drug-likeness (QED) is 0.747. The van der Waals surface area contributed by atoms with E-state index < -0.39 is 5.54 Å². The van der Waals surface area contributed by atoms with Crippen molar-refractivity contribution in [1.29, 1.82) is 0 Å². The standard InChI is InChI=1S/C10H14N4O/c1-10(2,6-11)14-7-4-3-5-12-8(7)13-9(14)15/h3-5H,6,11H2,1-2H3,(H,12,13,15). The average molecular weight is 206 g/mol. The van der Waals surface area contributed by atoms with Gasteiger partial charge in [-0.1, -0.05) is 0 Å². The van der Waals surface area contributed by atoms with Gasteiger partial charge in [-0.25, -0.2) is 9.78 Å². The predicted octanol–water partition coefficient (Wildman–Crippen LogP) is 0.418. The Morgan fingerprint density at radius 2 is 2.33 bits per heavy atom. The Morgan fingerprint density at radius 1 is 1.60 bits per heavy atom. The lowest BCUT2D eigenvalue weighted by Crippen LogP contribution is -2.40. The summed E-state index contributed by atoms with van der Waals surface area (Å²) in [5.74, 6) is 0. The van der Waals surface area contributed by atoms with E-state index in [-0.39, 0.29) is 5.69 Å². The highest BCUT2D eigenvalue weighted by atomic mass is 16.1. The lowest BCUT2D eigenvalue weighted by Gasteiger charge is -2.24. The number of fused-ring (bicyclic) bond motifs is 1. The van der Waals surface area contributed by atoms with Crippen LogP contribution < -0.4 is 11.4 Å². The van der Waals surface area contributed by atoms with E-state index >= 15 is 0 Å². The molecule has 0 atom stereocenters. The second-order valence-corrected chi connectivity index (χ2v) is 4.15. The van der Waals surface area contributed by atoms with Gasteiger partial charge in [0.1, 0.15) is 0 Å². The molecule has 0 spiro atoms. The fraction of sp³-hybridized carbons (Fsp3) is 0.400. The van der Waals surface area contributed by atoms with Crippen molar-refractivity contribution >= 4 is 11.2 Å². The Bertz CT molecular complexity index is 538. The summed E-state index contributed by atoms with van der Waals surface area (Å²) in [6, 6.07) is 3.66. The summed E-state index contributed by atoms with van der Waals surface area (Å²) >= 11 is 0. The molecule has 0 aliphatic carbocycles. The van der Waals surface area contributed by atoms with Crippen molar-refractivity contribution in [2.24, 2.45) is 5.73 Å². The third kappa shape index (κ3) is 1.45. The molecule has 0 aromatic carbocycles. The first-order chi connectivity index (χ1) is 7.06. The van der Waals surface area contributed by atoms with Crippen LogP contribution >= 0.6 is 0 Å². The number of pyridine rings is 1. The number of nitrogens with one attached hydrogen (secondary N) is 1. The van der Waals surface area contributed by atoms with Gasteiger partial charge in [0.25, 0.3) is 0 Å². The Hall–Kier alpha value is -1.62. The van der Waals surface area contributed by atoms with Crippen LogP contribution in [0.4, 0.5) is 0 Å².